The molecule has 0 aromatic carbocycles. The molecule has 4 fully saturated rings. The van der Waals surface area contributed by atoms with Crippen LogP contribution in [0, 0.1) is 11.8 Å². The highest BCUT2D eigenvalue weighted by molar-refractivity contribution is 4.90. The number of hydrogen-bond donors (Lipinski definition) is 0. The Bertz CT molecular complexity index is 334. The van der Waals surface area contributed by atoms with Gasteiger partial charge in [-0.1, -0.05) is 0 Å². The highest BCUT2D eigenvalue weighted by atomic mass is 15.4. The Morgan fingerprint density at radius 3 is 1.63 bits per heavy atom. The van der Waals surface area contributed by atoms with Gasteiger partial charge in [0.25, 0.3) is 0 Å². The molecule has 0 saturated carbocycles. The lowest BCUT2D eigenvalue weighted by atomic mass is 9.68. The summed E-state index contributed by atoms with van der Waals surface area (Å²) in [6.45, 7) is 5.99. The van der Waals surface area contributed by atoms with Crippen molar-refractivity contribution in [3.8, 4) is 0 Å². The van der Waals surface area contributed by atoms with E-state index in [1.165, 1.54) is 73.7 Å². The van der Waals surface area contributed by atoms with Crippen molar-refractivity contribution in [2.24, 2.45) is 11.8 Å². The lowest BCUT2D eigenvalue weighted by Gasteiger charge is -2.62. The molecule has 0 aliphatic carbocycles. The number of fused-ring (bicyclic) bond motifs is 6. The van der Waals surface area contributed by atoms with Crippen molar-refractivity contribution in [3.63, 3.8) is 0 Å². The third kappa shape index (κ3) is 1.82. The molecule has 4 saturated heterocycles. The molecular formula is C17H32N2+2. The Kier molecular flexibility index (Phi) is 2.80. The number of nitrogens with zero attached hydrogens (tertiary/aromatic N) is 2. The summed E-state index contributed by atoms with van der Waals surface area (Å²) in [6, 6.07) is 2.03. The molecule has 19 heavy (non-hydrogen) atoms. The van der Waals surface area contributed by atoms with Crippen molar-refractivity contribution in [1.29, 1.82) is 0 Å². The number of piperidine rings is 4. The zero-order chi connectivity index (χ0) is 13.1. The molecule has 4 aliphatic heterocycles. The molecule has 0 aromatic rings. The van der Waals surface area contributed by atoms with E-state index < -0.39 is 0 Å². The molecule has 6 unspecified atom stereocenters. The normalized spacial score (nSPS) is 57.2. The standard InChI is InChI=1S/C17H32N2/c1-18-9-5-3-7-16(18)15-11-14(12-18)17-8-4-6-10-19(17,2)13-15/h14-17H,3-13H2,1-2H3/q+2. The minimum absolute atomic E-state index is 1.02. The predicted octanol–water partition coefficient (Wildman–Crippen LogP) is 2.63. The molecule has 6 atom stereocenters. The van der Waals surface area contributed by atoms with Crippen LogP contribution in [-0.4, -0.2) is 61.3 Å². The van der Waals surface area contributed by atoms with Crippen molar-refractivity contribution in [2.75, 3.05) is 40.3 Å². The number of quaternary nitrogens is 2. The van der Waals surface area contributed by atoms with E-state index in [2.05, 4.69) is 14.1 Å². The summed E-state index contributed by atoms with van der Waals surface area (Å²) in [5, 5.41) is 0. The quantitative estimate of drug-likeness (QED) is 0.590. The molecule has 0 aromatic heterocycles. The maximum atomic E-state index is 2.60. The van der Waals surface area contributed by atoms with E-state index in [1.54, 1.807) is 6.42 Å². The van der Waals surface area contributed by atoms with E-state index in [0.717, 1.165) is 23.9 Å². The average molecular weight is 264 g/mol. The van der Waals surface area contributed by atoms with Gasteiger partial charge in [-0.25, -0.2) is 0 Å². The molecule has 2 heteroatoms. The average Bonchev–Trinajstić information content (AvgIpc) is 2.37. The molecular weight excluding hydrogens is 232 g/mol. The Morgan fingerprint density at radius 1 is 0.684 bits per heavy atom. The van der Waals surface area contributed by atoms with Crippen LogP contribution in [0.5, 0.6) is 0 Å². The molecule has 0 spiro atoms. The minimum Gasteiger partial charge on any atom is -0.323 e. The van der Waals surface area contributed by atoms with E-state index in [0.29, 0.717) is 0 Å². The predicted molar refractivity (Wildman–Crippen MR) is 78.7 cm³/mol. The van der Waals surface area contributed by atoms with Gasteiger partial charge in [-0.15, -0.1) is 0 Å². The molecule has 108 valence electrons. The van der Waals surface area contributed by atoms with E-state index in [-0.39, 0.29) is 0 Å². The second-order valence-corrected chi connectivity index (χ2v) is 8.65. The number of hydrogen-bond acceptors (Lipinski definition) is 0. The first-order chi connectivity index (χ1) is 9.11. The fourth-order valence-corrected chi connectivity index (χ4v) is 6.72. The van der Waals surface area contributed by atoms with Crippen LogP contribution in [0.15, 0.2) is 0 Å². The van der Waals surface area contributed by atoms with Gasteiger partial charge in [-0.05, 0) is 32.1 Å². The largest absolute Gasteiger partial charge is 0.323 e. The van der Waals surface area contributed by atoms with Crippen LogP contribution in [0.3, 0.4) is 0 Å². The van der Waals surface area contributed by atoms with Crippen LogP contribution >= 0.6 is 0 Å². The van der Waals surface area contributed by atoms with Gasteiger partial charge in [0, 0.05) is 12.8 Å². The third-order valence-electron chi connectivity index (χ3n) is 7.44. The molecule has 0 radical (unpaired) electrons. The van der Waals surface area contributed by atoms with Crippen LogP contribution in [0.1, 0.15) is 44.9 Å². The summed E-state index contributed by atoms with van der Waals surface area (Å²) in [5.74, 6) is 2.09. The van der Waals surface area contributed by atoms with Crippen molar-refractivity contribution in [3.05, 3.63) is 0 Å². The van der Waals surface area contributed by atoms with Gasteiger partial charge in [-0.2, -0.15) is 0 Å². The molecule has 0 N–H and O–H groups in total. The van der Waals surface area contributed by atoms with Gasteiger partial charge in [-0.3, -0.25) is 0 Å². The van der Waals surface area contributed by atoms with Gasteiger partial charge in [0.2, 0.25) is 0 Å². The third-order valence-corrected chi connectivity index (χ3v) is 7.44. The van der Waals surface area contributed by atoms with Crippen LogP contribution in [-0.2, 0) is 0 Å². The zero-order valence-electron chi connectivity index (χ0n) is 13.0. The topological polar surface area (TPSA) is 0 Å². The summed E-state index contributed by atoms with van der Waals surface area (Å²) in [5.41, 5.74) is 0. The smallest absolute Gasteiger partial charge is 0.0971 e. The van der Waals surface area contributed by atoms with Gasteiger partial charge in [0.15, 0.2) is 0 Å². The Labute approximate surface area is 118 Å². The molecule has 4 rings (SSSR count). The SMILES string of the molecule is C[N+]12CCCCC1C1CC(C2)C2CCCC[N+]2(C)C1. The first-order valence-corrected chi connectivity index (χ1v) is 8.79. The first kappa shape index (κ1) is 12.6. The summed E-state index contributed by atoms with van der Waals surface area (Å²) in [4.78, 5) is 0. The maximum absolute atomic E-state index is 2.60. The summed E-state index contributed by atoms with van der Waals surface area (Å²) in [7, 11) is 5.20. The van der Waals surface area contributed by atoms with E-state index >= 15 is 0 Å². The van der Waals surface area contributed by atoms with E-state index in [9.17, 15) is 0 Å². The summed E-state index contributed by atoms with van der Waals surface area (Å²) < 4.78 is 2.90. The Hall–Kier alpha value is -0.0800. The molecule has 2 bridgehead atoms. The van der Waals surface area contributed by atoms with Gasteiger partial charge in [0.1, 0.15) is 0 Å². The van der Waals surface area contributed by atoms with E-state index in [4.69, 9.17) is 0 Å². The van der Waals surface area contributed by atoms with Crippen LogP contribution in [0.25, 0.3) is 0 Å². The monoisotopic (exact) mass is 264 g/mol. The fraction of sp³-hybridized carbons (Fsp3) is 1.00. The summed E-state index contributed by atoms with van der Waals surface area (Å²) in [6.07, 6.45) is 10.6. The zero-order valence-corrected chi connectivity index (χ0v) is 13.0. The maximum Gasteiger partial charge on any atom is 0.0971 e. The van der Waals surface area contributed by atoms with E-state index in [1.807, 2.05) is 0 Å². The van der Waals surface area contributed by atoms with Crippen molar-refractivity contribution in [1.82, 2.24) is 0 Å². The van der Waals surface area contributed by atoms with Gasteiger partial charge in [0.05, 0.1) is 64.2 Å². The van der Waals surface area contributed by atoms with Crippen molar-refractivity contribution in [2.45, 2.75) is 57.0 Å². The van der Waals surface area contributed by atoms with Gasteiger partial charge >= 0.3 is 0 Å². The first-order valence-electron chi connectivity index (χ1n) is 8.79. The highest BCUT2D eigenvalue weighted by Crippen LogP contribution is 2.47. The lowest BCUT2D eigenvalue weighted by molar-refractivity contribution is -0.997. The lowest BCUT2D eigenvalue weighted by Crippen LogP contribution is -2.74. The highest BCUT2D eigenvalue weighted by Gasteiger charge is 2.58. The second kappa shape index (κ2) is 4.21. The molecule has 2 nitrogen and oxygen atoms in total. The van der Waals surface area contributed by atoms with Gasteiger partial charge < -0.3 is 8.97 Å². The van der Waals surface area contributed by atoms with Crippen molar-refractivity contribution >= 4 is 0 Å². The van der Waals surface area contributed by atoms with Crippen LogP contribution < -0.4 is 0 Å². The number of rotatable bonds is 0. The Balaban J connectivity index is 1.65. The molecule has 4 aliphatic rings. The summed E-state index contributed by atoms with van der Waals surface area (Å²) >= 11 is 0. The molecule has 0 amide bonds. The Morgan fingerprint density at radius 2 is 1.16 bits per heavy atom. The second-order valence-electron chi connectivity index (χ2n) is 8.65. The molecule has 4 heterocycles. The van der Waals surface area contributed by atoms with Crippen LogP contribution in [0.4, 0.5) is 0 Å². The van der Waals surface area contributed by atoms with Crippen molar-refractivity contribution < 1.29 is 8.97 Å². The van der Waals surface area contributed by atoms with Crippen LogP contribution in [0.2, 0.25) is 0 Å². The fourth-order valence-electron chi connectivity index (χ4n) is 6.72. The minimum atomic E-state index is 1.02.